The molecule has 0 saturated carbocycles. The van der Waals surface area contributed by atoms with Gasteiger partial charge >= 0.3 is 5.63 Å². The van der Waals surface area contributed by atoms with Gasteiger partial charge in [-0.3, -0.25) is 4.98 Å². The first-order chi connectivity index (χ1) is 15.5. The molecule has 32 heavy (non-hydrogen) atoms. The third-order valence-corrected chi connectivity index (χ3v) is 5.96. The van der Waals surface area contributed by atoms with Crippen molar-refractivity contribution >= 4 is 16.6 Å². The molecule has 166 valence electrons. The number of hydrogen-bond donors (Lipinski definition) is 1. The van der Waals surface area contributed by atoms with Gasteiger partial charge < -0.3 is 23.6 Å². The van der Waals surface area contributed by atoms with Crippen molar-refractivity contribution in [3.63, 3.8) is 0 Å². The van der Waals surface area contributed by atoms with E-state index in [0.717, 1.165) is 48.4 Å². The summed E-state index contributed by atoms with van der Waals surface area (Å²) in [6, 6.07) is 7.41. The fraction of sp³-hybridized carbons (Fsp3) is 0.375. The van der Waals surface area contributed by atoms with Crippen LogP contribution in [-0.2, 0) is 0 Å². The Hall–Kier alpha value is -3.23. The molecule has 4 aromatic rings. The fourth-order valence-corrected chi connectivity index (χ4v) is 4.36. The first-order valence-electron chi connectivity index (χ1n) is 10.9. The highest BCUT2D eigenvalue weighted by Crippen LogP contribution is 2.26. The molecule has 1 saturated heterocycles. The van der Waals surface area contributed by atoms with Crippen LogP contribution < -0.4 is 10.4 Å². The van der Waals surface area contributed by atoms with E-state index in [2.05, 4.69) is 14.9 Å². The number of aromatic nitrogens is 3. The predicted octanol–water partition coefficient (Wildman–Crippen LogP) is 2.96. The Morgan fingerprint density at radius 1 is 1.16 bits per heavy atom. The molecule has 0 atom stereocenters. The van der Waals surface area contributed by atoms with Crippen LogP contribution in [0.25, 0.3) is 27.9 Å². The van der Waals surface area contributed by atoms with Gasteiger partial charge in [-0.15, -0.1) is 0 Å². The summed E-state index contributed by atoms with van der Waals surface area (Å²) in [5.41, 5.74) is 3.46. The molecule has 0 amide bonds. The summed E-state index contributed by atoms with van der Waals surface area (Å²) >= 11 is 0. The van der Waals surface area contributed by atoms with Crippen LogP contribution in [0.5, 0.6) is 5.75 Å². The molecule has 1 aliphatic heterocycles. The first-order valence-corrected chi connectivity index (χ1v) is 10.9. The average molecular weight is 434 g/mol. The van der Waals surface area contributed by atoms with Crippen molar-refractivity contribution in [2.75, 3.05) is 26.2 Å². The number of ether oxygens (including phenoxy) is 1. The number of fused-ring (bicyclic) bond motifs is 2. The minimum Gasteiger partial charge on any atom is -0.490 e. The number of benzene rings is 1. The largest absolute Gasteiger partial charge is 0.490 e. The first kappa shape index (κ1) is 20.7. The fourth-order valence-electron chi connectivity index (χ4n) is 4.36. The van der Waals surface area contributed by atoms with E-state index in [1.807, 2.05) is 48.8 Å². The summed E-state index contributed by atoms with van der Waals surface area (Å²) in [6.45, 7) is 6.53. The summed E-state index contributed by atoms with van der Waals surface area (Å²) in [5, 5.41) is 9.89. The minimum absolute atomic E-state index is 0.117. The number of piperidine rings is 1. The number of aliphatic hydroxyl groups excluding tert-OH is 1. The Kier molecular flexibility index (Phi) is 5.40. The number of β-amino-alcohol motifs (C(OH)–C–C–N with tert-alkyl or cyclic N) is 1. The van der Waals surface area contributed by atoms with E-state index >= 15 is 0 Å². The zero-order valence-electron chi connectivity index (χ0n) is 18.2. The molecule has 3 aromatic heterocycles. The van der Waals surface area contributed by atoms with E-state index in [9.17, 15) is 4.79 Å². The third-order valence-electron chi connectivity index (χ3n) is 5.96. The van der Waals surface area contributed by atoms with Crippen molar-refractivity contribution in [2.24, 2.45) is 0 Å². The number of likely N-dealkylation sites (tertiary alicyclic amines) is 1. The van der Waals surface area contributed by atoms with Crippen LogP contribution in [0.4, 0.5) is 0 Å². The molecule has 0 unspecified atom stereocenters. The second-order valence-corrected chi connectivity index (χ2v) is 8.35. The SMILES string of the molecule is Cc1cn2cc(-c3cc4ccc(OC5CCN(CCO)CC5)cc4oc3=O)nc2c(C)n1. The highest BCUT2D eigenvalue weighted by molar-refractivity contribution is 5.82. The summed E-state index contributed by atoms with van der Waals surface area (Å²) in [4.78, 5) is 24.0. The summed E-state index contributed by atoms with van der Waals surface area (Å²) < 4.78 is 13.7. The lowest BCUT2D eigenvalue weighted by Crippen LogP contribution is -2.39. The van der Waals surface area contributed by atoms with E-state index in [-0.39, 0.29) is 12.7 Å². The Labute approximate surface area is 185 Å². The lowest BCUT2D eigenvalue weighted by atomic mass is 10.1. The maximum atomic E-state index is 12.8. The highest BCUT2D eigenvalue weighted by atomic mass is 16.5. The van der Waals surface area contributed by atoms with Gasteiger partial charge in [0.15, 0.2) is 5.65 Å². The second-order valence-electron chi connectivity index (χ2n) is 8.35. The maximum Gasteiger partial charge on any atom is 0.345 e. The summed E-state index contributed by atoms with van der Waals surface area (Å²) in [5.74, 6) is 0.693. The van der Waals surface area contributed by atoms with Gasteiger partial charge in [0.05, 0.1) is 29.3 Å². The number of hydrogen-bond acceptors (Lipinski definition) is 7. The van der Waals surface area contributed by atoms with Gasteiger partial charge in [0.25, 0.3) is 0 Å². The monoisotopic (exact) mass is 434 g/mol. The van der Waals surface area contributed by atoms with E-state index in [1.165, 1.54) is 0 Å². The Morgan fingerprint density at radius 3 is 2.75 bits per heavy atom. The molecular weight excluding hydrogens is 408 g/mol. The molecule has 0 bridgehead atoms. The van der Waals surface area contributed by atoms with Gasteiger partial charge in [0.2, 0.25) is 0 Å². The van der Waals surface area contributed by atoms with Crippen LogP contribution in [0.15, 0.2) is 45.9 Å². The molecule has 8 heteroatoms. The van der Waals surface area contributed by atoms with Crippen LogP contribution in [0.1, 0.15) is 24.2 Å². The quantitative estimate of drug-likeness (QED) is 0.483. The minimum atomic E-state index is -0.433. The number of rotatable bonds is 5. The maximum absolute atomic E-state index is 12.8. The smallest absolute Gasteiger partial charge is 0.345 e. The summed E-state index contributed by atoms with van der Waals surface area (Å²) in [6.07, 6.45) is 5.65. The molecule has 1 aliphatic rings. The average Bonchev–Trinajstić information content (AvgIpc) is 3.19. The Morgan fingerprint density at radius 2 is 1.97 bits per heavy atom. The molecule has 0 aliphatic carbocycles. The van der Waals surface area contributed by atoms with Crippen LogP contribution in [0.3, 0.4) is 0 Å². The molecule has 4 heterocycles. The topological polar surface area (TPSA) is 93.1 Å². The molecule has 5 rings (SSSR count). The van der Waals surface area contributed by atoms with Crippen LogP contribution >= 0.6 is 0 Å². The van der Waals surface area contributed by atoms with Crippen molar-refractivity contribution in [3.8, 4) is 17.0 Å². The molecule has 1 fully saturated rings. The van der Waals surface area contributed by atoms with Crippen LogP contribution in [0, 0.1) is 13.8 Å². The van der Waals surface area contributed by atoms with Gasteiger partial charge in [-0.1, -0.05) is 0 Å². The molecule has 8 nitrogen and oxygen atoms in total. The number of nitrogens with zero attached hydrogens (tertiary/aromatic N) is 4. The van der Waals surface area contributed by atoms with E-state index < -0.39 is 5.63 Å². The standard InChI is InChI=1S/C24H26N4O4/c1-15-13-28-14-21(26-23(28)16(2)25-15)20-11-17-3-4-19(12-22(17)32-24(20)30)31-18-5-7-27(8-6-18)9-10-29/h3-4,11-14,18,29H,5-10H2,1-2H3. The third kappa shape index (κ3) is 3.99. The van der Waals surface area contributed by atoms with E-state index in [4.69, 9.17) is 14.3 Å². The number of aliphatic hydroxyl groups is 1. The Balaban J connectivity index is 1.40. The number of imidazole rings is 1. The van der Waals surface area contributed by atoms with Crippen molar-refractivity contribution in [1.29, 1.82) is 0 Å². The van der Waals surface area contributed by atoms with Gasteiger partial charge in [-0.2, -0.15) is 0 Å². The molecule has 1 N–H and O–H groups in total. The molecular formula is C24H26N4O4. The Bertz CT molecular complexity index is 1340. The van der Waals surface area contributed by atoms with Gasteiger partial charge in [-0.05, 0) is 44.9 Å². The molecule has 1 aromatic carbocycles. The van der Waals surface area contributed by atoms with E-state index in [1.54, 1.807) is 6.07 Å². The van der Waals surface area contributed by atoms with Gasteiger partial charge in [-0.25, -0.2) is 9.78 Å². The van der Waals surface area contributed by atoms with Crippen molar-refractivity contribution in [3.05, 3.63) is 58.5 Å². The van der Waals surface area contributed by atoms with E-state index in [0.29, 0.717) is 29.1 Å². The second kappa shape index (κ2) is 8.37. The molecule has 0 spiro atoms. The summed E-state index contributed by atoms with van der Waals surface area (Å²) in [7, 11) is 0. The normalized spacial score (nSPS) is 15.6. The van der Waals surface area contributed by atoms with Gasteiger partial charge in [0, 0.05) is 43.5 Å². The van der Waals surface area contributed by atoms with Crippen LogP contribution in [-0.4, -0.2) is 56.7 Å². The van der Waals surface area contributed by atoms with Crippen molar-refractivity contribution < 1.29 is 14.3 Å². The van der Waals surface area contributed by atoms with Crippen LogP contribution in [0.2, 0.25) is 0 Å². The predicted molar refractivity (Wildman–Crippen MR) is 121 cm³/mol. The molecule has 0 radical (unpaired) electrons. The zero-order valence-corrected chi connectivity index (χ0v) is 18.2. The van der Waals surface area contributed by atoms with Crippen molar-refractivity contribution in [1.82, 2.24) is 19.3 Å². The number of aryl methyl sites for hydroxylation is 2. The lowest BCUT2D eigenvalue weighted by Gasteiger charge is -2.31. The van der Waals surface area contributed by atoms with Crippen molar-refractivity contribution in [2.45, 2.75) is 32.8 Å². The van der Waals surface area contributed by atoms with Gasteiger partial charge in [0.1, 0.15) is 17.4 Å². The zero-order chi connectivity index (χ0) is 22.2. The highest BCUT2D eigenvalue weighted by Gasteiger charge is 2.20. The lowest BCUT2D eigenvalue weighted by molar-refractivity contribution is 0.0889.